The number of benzene rings is 1. The number of nitrogens with zero attached hydrogens (tertiary/aromatic N) is 3. The molecule has 0 spiro atoms. The highest BCUT2D eigenvalue weighted by Gasteiger charge is 2.26. The molecule has 0 saturated carbocycles. The first kappa shape index (κ1) is 18.1. The third kappa shape index (κ3) is 3.58. The molecule has 0 fully saturated rings. The van der Waals surface area contributed by atoms with Gasteiger partial charge in [-0.25, -0.2) is 13.5 Å². The standard InChI is InChI=1S/C20H18F2N4O2/c21-13-8-14(22)10-15(9-13)26-18-5-3-4-17(16(18)11-23-26)24-19(27)12-25-7-2-1-6-20(25)28/h1-2,6-11,17H,3-5,12H2,(H,24,27)/t17-/m1/s1. The van der Waals surface area contributed by atoms with E-state index in [9.17, 15) is 18.4 Å². The molecular formula is C20H18F2N4O2. The minimum Gasteiger partial charge on any atom is -0.348 e. The summed E-state index contributed by atoms with van der Waals surface area (Å²) in [5, 5.41) is 7.22. The summed E-state index contributed by atoms with van der Waals surface area (Å²) in [6.07, 6.45) is 5.40. The summed E-state index contributed by atoms with van der Waals surface area (Å²) in [6, 6.07) is 7.70. The van der Waals surface area contributed by atoms with E-state index >= 15 is 0 Å². The van der Waals surface area contributed by atoms with E-state index in [0.29, 0.717) is 12.1 Å². The smallest absolute Gasteiger partial charge is 0.250 e. The van der Waals surface area contributed by atoms with Crippen LogP contribution in [0, 0.1) is 11.6 Å². The van der Waals surface area contributed by atoms with Crippen LogP contribution in [0.15, 0.2) is 53.6 Å². The second kappa shape index (κ2) is 7.38. The van der Waals surface area contributed by atoms with E-state index in [1.807, 2.05) is 0 Å². The molecule has 0 bridgehead atoms. The van der Waals surface area contributed by atoms with Gasteiger partial charge in [-0.05, 0) is 37.5 Å². The molecule has 1 amide bonds. The molecule has 2 heterocycles. The molecule has 0 unspecified atom stereocenters. The number of aromatic nitrogens is 3. The van der Waals surface area contributed by atoms with Crippen molar-refractivity contribution in [2.45, 2.75) is 31.8 Å². The number of carbonyl (C=O) groups excluding carboxylic acids is 1. The summed E-state index contributed by atoms with van der Waals surface area (Å²) in [4.78, 5) is 24.2. The minimum atomic E-state index is -0.673. The summed E-state index contributed by atoms with van der Waals surface area (Å²) < 4.78 is 30.0. The highest BCUT2D eigenvalue weighted by atomic mass is 19.1. The number of carbonyl (C=O) groups is 1. The third-order valence-electron chi connectivity index (χ3n) is 4.82. The molecule has 0 saturated heterocycles. The van der Waals surface area contributed by atoms with Crippen LogP contribution >= 0.6 is 0 Å². The van der Waals surface area contributed by atoms with Crippen LogP contribution in [0.2, 0.25) is 0 Å². The van der Waals surface area contributed by atoms with Crippen molar-refractivity contribution in [3.8, 4) is 5.69 Å². The number of nitrogens with one attached hydrogen (secondary N) is 1. The quantitative estimate of drug-likeness (QED) is 0.752. The Morgan fingerprint density at radius 2 is 2.00 bits per heavy atom. The zero-order valence-electron chi connectivity index (χ0n) is 14.9. The van der Waals surface area contributed by atoms with Gasteiger partial charge < -0.3 is 9.88 Å². The van der Waals surface area contributed by atoms with Gasteiger partial charge in [0.05, 0.1) is 17.9 Å². The lowest BCUT2D eigenvalue weighted by Crippen LogP contribution is -2.35. The second-order valence-electron chi connectivity index (χ2n) is 6.77. The normalized spacial score (nSPS) is 15.9. The Labute approximate surface area is 159 Å². The highest BCUT2D eigenvalue weighted by molar-refractivity contribution is 5.76. The maximum atomic E-state index is 13.6. The molecule has 1 aliphatic carbocycles. The maximum absolute atomic E-state index is 13.6. The first-order chi connectivity index (χ1) is 13.5. The van der Waals surface area contributed by atoms with Gasteiger partial charge in [-0.2, -0.15) is 5.10 Å². The predicted molar refractivity (Wildman–Crippen MR) is 98.0 cm³/mol. The van der Waals surface area contributed by atoms with Gasteiger partial charge in [0.2, 0.25) is 5.91 Å². The molecule has 2 aromatic heterocycles. The van der Waals surface area contributed by atoms with E-state index in [-0.39, 0.29) is 24.1 Å². The van der Waals surface area contributed by atoms with Crippen LogP contribution in [-0.2, 0) is 17.8 Å². The van der Waals surface area contributed by atoms with Crippen molar-refractivity contribution in [1.82, 2.24) is 19.7 Å². The molecule has 28 heavy (non-hydrogen) atoms. The van der Waals surface area contributed by atoms with Gasteiger partial charge in [0.15, 0.2) is 0 Å². The minimum absolute atomic E-state index is 0.0747. The number of amides is 1. The zero-order valence-corrected chi connectivity index (χ0v) is 14.9. The van der Waals surface area contributed by atoms with E-state index in [4.69, 9.17) is 0 Å². The van der Waals surface area contributed by atoms with Gasteiger partial charge >= 0.3 is 0 Å². The molecule has 6 nitrogen and oxygen atoms in total. The average molecular weight is 384 g/mol. The lowest BCUT2D eigenvalue weighted by atomic mass is 9.93. The average Bonchev–Trinajstić information content (AvgIpc) is 3.08. The summed E-state index contributed by atoms with van der Waals surface area (Å²) in [6.45, 7) is -0.0747. The van der Waals surface area contributed by atoms with Crippen LogP contribution in [0.1, 0.15) is 30.1 Å². The number of rotatable bonds is 4. The molecule has 8 heteroatoms. The van der Waals surface area contributed by atoms with Crippen LogP contribution in [-0.4, -0.2) is 20.3 Å². The molecular weight excluding hydrogens is 366 g/mol. The monoisotopic (exact) mass is 384 g/mol. The number of hydrogen-bond acceptors (Lipinski definition) is 3. The van der Waals surface area contributed by atoms with Crippen molar-refractivity contribution in [2.24, 2.45) is 0 Å². The SMILES string of the molecule is O=C(Cn1ccccc1=O)N[C@@H]1CCCc2c1cnn2-c1cc(F)cc(F)c1. The Bertz CT molecular complexity index is 1070. The van der Waals surface area contributed by atoms with Gasteiger partial charge in [-0.3, -0.25) is 9.59 Å². The van der Waals surface area contributed by atoms with Crippen molar-refractivity contribution < 1.29 is 13.6 Å². The number of hydrogen-bond donors (Lipinski definition) is 1. The molecule has 1 aromatic carbocycles. The Kier molecular flexibility index (Phi) is 4.77. The number of pyridine rings is 1. The Morgan fingerprint density at radius 3 is 2.75 bits per heavy atom. The predicted octanol–water partition coefficient (Wildman–Crippen LogP) is 2.51. The molecule has 1 aliphatic rings. The molecule has 1 atom stereocenters. The molecule has 144 valence electrons. The van der Waals surface area contributed by atoms with Crippen LogP contribution in [0.4, 0.5) is 8.78 Å². The lowest BCUT2D eigenvalue weighted by molar-refractivity contribution is -0.122. The van der Waals surface area contributed by atoms with Crippen LogP contribution in [0.5, 0.6) is 0 Å². The van der Waals surface area contributed by atoms with Crippen LogP contribution in [0.3, 0.4) is 0 Å². The van der Waals surface area contributed by atoms with E-state index in [1.54, 1.807) is 24.5 Å². The summed E-state index contributed by atoms with van der Waals surface area (Å²) in [5.74, 6) is -1.63. The summed E-state index contributed by atoms with van der Waals surface area (Å²) in [5.41, 5.74) is 1.70. The Balaban J connectivity index is 1.56. The number of halogens is 2. The van der Waals surface area contributed by atoms with Crippen molar-refractivity contribution in [1.29, 1.82) is 0 Å². The molecule has 0 radical (unpaired) electrons. The van der Waals surface area contributed by atoms with Crippen molar-refractivity contribution in [3.63, 3.8) is 0 Å². The van der Waals surface area contributed by atoms with Crippen molar-refractivity contribution in [2.75, 3.05) is 0 Å². The van der Waals surface area contributed by atoms with Gasteiger partial charge in [-0.15, -0.1) is 0 Å². The fourth-order valence-corrected chi connectivity index (χ4v) is 3.58. The molecule has 1 N–H and O–H groups in total. The molecule has 0 aliphatic heterocycles. The van der Waals surface area contributed by atoms with Crippen LogP contribution < -0.4 is 10.9 Å². The van der Waals surface area contributed by atoms with Gasteiger partial charge in [0.25, 0.3) is 5.56 Å². The summed E-state index contributed by atoms with van der Waals surface area (Å²) >= 11 is 0. The number of fused-ring (bicyclic) bond motifs is 1. The highest BCUT2D eigenvalue weighted by Crippen LogP contribution is 2.31. The summed E-state index contributed by atoms with van der Waals surface area (Å²) in [7, 11) is 0. The second-order valence-corrected chi connectivity index (χ2v) is 6.77. The lowest BCUT2D eigenvalue weighted by Gasteiger charge is -2.24. The van der Waals surface area contributed by atoms with E-state index in [2.05, 4.69) is 10.4 Å². The van der Waals surface area contributed by atoms with Gasteiger partial charge in [-0.1, -0.05) is 6.07 Å². The third-order valence-corrected chi connectivity index (χ3v) is 4.82. The first-order valence-corrected chi connectivity index (χ1v) is 8.99. The van der Waals surface area contributed by atoms with Crippen molar-refractivity contribution >= 4 is 5.91 Å². The van der Waals surface area contributed by atoms with E-state index < -0.39 is 11.6 Å². The van der Waals surface area contributed by atoms with Crippen molar-refractivity contribution in [3.05, 3.63) is 82.0 Å². The first-order valence-electron chi connectivity index (χ1n) is 8.99. The van der Waals surface area contributed by atoms with E-state index in [1.165, 1.54) is 27.4 Å². The Morgan fingerprint density at radius 1 is 1.21 bits per heavy atom. The Hall–Kier alpha value is -3.29. The fourth-order valence-electron chi connectivity index (χ4n) is 3.58. The largest absolute Gasteiger partial charge is 0.348 e. The zero-order chi connectivity index (χ0) is 19.7. The topological polar surface area (TPSA) is 68.9 Å². The fraction of sp³-hybridized carbons (Fsp3) is 0.250. The maximum Gasteiger partial charge on any atom is 0.250 e. The molecule has 4 rings (SSSR count). The van der Waals surface area contributed by atoms with Crippen LogP contribution in [0.25, 0.3) is 5.69 Å². The van der Waals surface area contributed by atoms with Gasteiger partial charge in [0, 0.05) is 29.6 Å². The molecule has 3 aromatic rings. The van der Waals surface area contributed by atoms with E-state index in [0.717, 1.165) is 30.2 Å². The van der Waals surface area contributed by atoms with Gasteiger partial charge in [0.1, 0.15) is 18.2 Å².